The van der Waals surface area contributed by atoms with Gasteiger partial charge >= 0.3 is 0 Å². The van der Waals surface area contributed by atoms with Gasteiger partial charge in [-0.15, -0.1) is 0 Å². The lowest BCUT2D eigenvalue weighted by molar-refractivity contribution is 0.261. The minimum absolute atomic E-state index is 0.106. The molecule has 0 bridgehead atoms. The Morgan fingerprint density at radius 1 is 0.875 bits per heavy atom. The second kappa shape index (κ2) is 12.7. The van der Waals surface area contributed by atoms with Gasteiger partial charge in [-0.25, -0.2) is 0 Å². The van der Waals surface area contributed by atoms with Crippen molar-refractivity contribution >= 4 is 5.57 Å². The average Bonchev–Trinajstić information content (AvgIpc) is 2.83. The largest absolute Gasteiger partial charge is 0.492 e. The third kappa shape index (κ3) is 7.23. The monoisotopic (exact) mass is 427 g/mol. The van der Waals surface area contributed by atoms with E-state index in [1.54, 1.807) is 0 Å². The topological polar surface area (TPSA) is 32.7 Å². The highest BCUT2D eigenvalue weighted by molar-refractivity contribution is 5.80. The summed E-state index contributed by atoms with van der Waals surface area (Å²) in [5, 5.41) is 9.22. The number of nitrogens with zero attached hydrogens (tertiary/aromatic N) is 1. The molecule has 1 unspecified atom stereocenters. The molecule has 0 aliphatic carbocycles. The van der Waals surface area contributed by atoms with Crippen molar-refractivity contribution in [3.63, 3.8) is 0 Å². The normalized spacial score (nSPS) is 12.9. The highest BCUT2D eigenvalue weighted by Crippen LogP contribution is 2.30. The first-order valence-corrected chi connectivity index (χ1v) is 11.1. The van der Waals surface area contributed by atoms with Crippen LogP contribution in [0.2, 0.25) is 0 Å². The summed E-state index contributed by atoms with van der Waals surface area (Å²) in [6.07, 6.45) is 7.18. The quantitative estimate of drug-likeness (QED) is 0.394. The zero-order chi connectivity index (χ0) is 22.6. The number of hydrogen-bond acceptors (Lipinski definition) is 3. The Kier molecular flexibility index (Phi) is 9.30. The second-order valence-corrected chi connectivity index (χ2v) is 8.00. The SMILES string of the molecule is CN(C)CCOc1ccc(/C(=C/C(/C=C\CCO)c2ccccc2)c2ccccc2)cc1. The fourth-order valence-corrected chi connectivity index (χ4v) is 3.49. The molecule has 3 nitrogen and oxygen atoms in total. The van der Waals surface area contributed by atoms with Crippen molar-refractivity contribution in [2.75, 3.05) is 33.9 Å². The number of benzene rings is 3. The van der Waals surface area contributed by atoms with Crippen LogP contribution in [0.5, 0.6) is 5.75 Å². The third-order valence-corrected chi connectivity index (χ3v) is 5.23. The number of hydrogen-bond donors (Lipinski definition) is 1. The van der Waals surface area contributed by atoms with Gasteiger partial charge in [0.05, 0.1) is 0 Å². The van der Waals surface area contributed by atoms with E-state index in [-0.39, 0.29) is 12.5 Å². The van der Waals surface area contributed by atoms with Crippen LogP contribution in [-0.2, 0) is 0 Å². The first-order chi connectivity index (χ1) is 15.7. The molecular formula is C29H33NO2. The minimum Gasteiger partial charge on any atom is -0.492 e. The van der Waals surface area contributed by atoms with Gasteiger partial charge in [0.15, 0.2) is 0 Å². The Bertz CT molecular complexity index is 977. The molecule has 0 aliphatic heterocycles. The Hall–Kier alpha value is -3.14. The van der Waals surface area contributed by atoms with Crippen LogP contribution in [0.25, 0.3) is 5.57 Å². The second-order valence-electron chi connectivity index (χ2n) is 8.00. The summed E-state index contributed by atoms with van der Waals surface area (Å²) in [6, 6.07) is 29.3. The lowest BCUT2D eigenvalue weighted by Crippen LogP contribution is -2.19. The summed E-state index contributed by atoms with van der Waals surface area (Å²) in [5.74, 6) is 0.986. The zero-order valence-electron chi connectivity index (χ0n) is 19.0. The molecule has 3 aromatic rings. The lowest BCUT2D eigenvalue weighted by Gasteiger charge is -2.15. The zero-order valence-corrected chi connectivity index (χ0v) is 19.0. The Morgan fingerprint density at radius 2 is 1.50 bits per heavy atom. The Morgan fingerprint density at radius 3 is 2.12 bits per heavy atom. The van der Waals surface area contributed by atoms with Crippen LogP contribution >= 0.6 is 0 Å². The van der Waals surface area contributed by atoms with E-state index < -0.39 is 0 Å². The molecule has 0 aromatic heterocycles. The number of likely N-dealkylation sites (N-methyl/N-ethyl adjacent to an activating group) is 1. The van der Waals surface area contributed by atoms with Crippen molar-refractivity contribution in [2.45, 2.75) is 12.3 Å². The maximum Gasteiger partial charge on any atom is 0.119 e. The molecule has 3 aromatic carbocycles. The van der Waals surface area contributed by atoms with Crippen molar-refractivity contribution < 1.29 is 9.84 Å². The summed E-state index contributed by atoms with van der Waals surface area (Å²) in [7, 11) is 4.09. The van der Waals surface area contributed by atoms with Gasteiger partial charge in [0.2, 0.25) is 0 Å². The minimum atomic E-state index is 0.106. The molecule has 0 fully saturated rings. The van der Waals surface area contributed by atoms with Gasteiger partial charge in [-0.1, -0.05) is 91.0 Å². The molecular weight excluding hydrogens is 394 g/mol. The predicted molar refractivity (Wildman–Crippen MR) is 134 cm³/mol. The summed E-state index contributed by atoms with van der Waals surface area (Å²) >= 11 is 0. The van der Waals surface area contributed by atoms with Gasteiger partial charge in [0.1, 0.15) is 12.4 Å². The molecule has 1 N–H and O–H groups in total. The standard InChI is InChI=1S/C29H33NO2/c1-30(2)20-22-32-28-18-16-26(17-19-28)29(25-13-7-4-8-14-25)23-27(15-9-10-21-31)24-11-5-3-6-12-24/h3-9,11-19,23,27,31H,10,20-22H2,1-2H3/b15-9-,29-23+. The molecule has 0 radical (unpaired) electrons. The van der Waals surface area contributed by atoms with Crippen LogP contribution in [-0.4, -0.2) is 43.9 Å². The molecule has 166 valence electrons. The predicted octanol–water partition coefficient (Wildman–Crippen LogP) is 5.78. The van der Waals surface area contributed by atoms with E-state index in [0.717, 1.165) is 17.9 Å². The summed E-state index contributed by atoms with van der Waals surface area (Å²) < 4.78 is 5.88. The van der Waals surface area contributed by atoms with Gasteiger partial charge in [0, 0.05) is 19.1 Å². The molecule has 3 rings (SSSR count). The average molecular weight is 428 g/mol. The highest BCUT2D eigenvalue weighted by atomic mass is 16.5. The molecule has 0 spiro atoms. The maximum atomic E-state index is 9.22. The fraction of sp³-hybridized carbons (Fsp3) is 0.241. The Labute approximate surface area is 192 Å². The van der Waals surface area contributed by atoms with Crippen LogP contribution in [0, 0.1) is 0 Å². The number of allylic oxidation sites excluding steroid dienone is 2. The molecule has 32 heavy (non-hydrogen) atoms. The smallest absolute Gasteiger partial charge is 0.119 e. The first kappa shape index (κ1) is 23.5. The molecule has 0 saturated heterocycles. The van der Waals surface area contributed by atoms with Crippen LogP contribution in [0.3, 0.4) is 0 Å². The molecule has 1 atom stereocenters. The van der Waals surface area contributed by atoms with E-state index in [2.05, 4.69) is 83.8 Å². The highest BCUT2D eigenvalue weighted by Gasteiger charge is 2.11. The van der Waals surface area contributed by atoms with Crippen LogP contribution < -0.4 is 4.74 Å². The number of aliphatic hydroxyl groups is 1. The van der Waals surface area contributed by atoms with Crippen molar-refractivity contribution in [1.82, 2.24) is 4.90 Å². The van der Waals surface area contributed by atoms with Crippen molar-refractivity contribution in [2.24, 2.45) is 0 Å². The van der Waals surface area contributed by atoms with Crippen molar-refractivity contribution in [3.05, 3.63) is 120 Å². The number of ether oxygens (including phenoxy) is 1. The lowest BCUT2D eigenvalue weighted by atomic mass is 9.90. The fourth-order valence-electron chi connectivity index (χ4n) is 3.49. The van der Waals surface area contributed by atoms with E-state index in [1.807, 2.05) is 38.4 Å². The summed E-state index contributed by atoms with van der Waals surface area (Å²) in [5.41, 5.74) is 4.71. The molecule has 0 aliphatic rings. The maximum absolute atomic E-state index is 9.22. The van der Waals surface area contributed by atoms with Crippen LogP contribution in [0.1, 0.15) is 29.0 Å². The molecule has 0 saturated carbocycles. The van der Waals surface area contributed by atoms with Gasteiger partial charge in [-0.3, -0.25) is 0 Å². The van der Waals surface area contributed by atoms with Gasteiger partial charge in [-0.05, 0) is 54.9 Å². The van der Waals surface area contributed by atoms with Crippen molar-refractivity contribution in [1.29, 1.82) is 0 Å². The van der Waals surface area contributed by atoms with Crippen LogP contribution in [0.4, 0.5) is 0 Å². The van der Waals surface area contributed by atoms with E-state index >= 15 is 0 Å². The van der Waals surface area contributed by atoms with Crippen LogP contribution in [0.15, 0.2) is 103 Å². The number of rotatable bonds is 11. The summed E-state index contributed by atoms with van der Waals surface area (Å²) in [4.78, 5) is 2.11. The first-order valence-electron chi connectivity index (χ1n) is 11.1. The molecule has 0 amide bonds. The van der Waals surface area contributed by atoms with E-state index in [4.69, 9.17) is 4.74 Å². The third-order valence-electron chi connectivity index (χ3n) is 5.23. The molecule has 3 heteroatoms. The van der Waals surface area contributed by atoms with E-state index in [9.17, 15) is 5.11 Å². The Balaban J connectivity index is 1.95. The summed E-state index contributed by atoms with van der Waals surface area (Å²) in [6.45, 7) is 1.71. The number of aliphatic hydroxyl groups excluding tert-OH is 1. The van der Waals surface area contributed by atoms with Gasteiger partial charge < -0.3 is 14.7 Å². The van der Waals surface area contributed by atoms with Gasteiger partial charge in [-0.2, -0.15) is 0 Å². The van der Waals surface area contributed by atoms with E-state index in [1.165, 1.54) is 16.7 Å². The van der Waals surface area contributed by atoms with Crippen molar-refractivity contribution in [3.8, 4) is 5.75 Å². The van der Waals surface area contributed by atoms with Gasteiger partial charge in [0.25, 0.3) is 0 Å². The van der Waals surface area contributed by atoms with E-state index in [0.29, 0.717) is 13.0 Å². The molecule has 0 heterocycles.